The monoisotopic (exact) mass is 379 g/mol. The van der Waals surface area contributed by atoms with Gasteiger partial charge < -0.3 is 15.3 Å². The topological polar surface area (TPSA) is 86.5 Å². The molecule has 29 heavy (non-hydrogen) atoms. The number of imidazole rings is 1. The smallest absolute Gasteiger partial charge is 0.257 e. The summed E-state index contributed by atoms with van der Waals surface area (Å²) in [6.45, 7) is 0. The Hall–Kier alpha value is -4.19. The first-order valence-electron chi connectivity index (χ1n) is 9.21. The van der Waals surface area contributed by atoms with E-state index >= 15 is 0 Å². The molecule has 140 valence electrons. The van der Waals surface area contributed by atoms with Gasteiger partial charge in [0.15, 0.2) is 0 Å². The molecule has 0 bridgehead atoms. The number of H-pyrrole nitrogens is 2. The lowest BCUT2D eigenvalue weighted by molar-refractivity contribution is 0.102. The van der Waals surface area contributed by atoms with Gasteiger partial charge in [-0.3, -0.25) is 9.78 Å². The van der Waals surface area contributed by atoms with Crippen LogP contribution in [0.4, 0.5) is 5.69 Å². The van der Waals surface area contributed by atoms with Gasteiger partial charge in [0.2, 0.25) is 0 Å². The second-order valence-corrected chi connectivity index (χ2v) is 6.67. The molecule has 0 radical (unpaired) electrons. The molecule has 0 aliphatic carbocycles. The second-order valence-electron chi connectivity index (χ2n) is 6.67. The maximum Gasteiger partial charge on any atom is 0.257 e. The highest BCUT2D eigenvalue weighted by molar-refractivity contribution is 6.04. The van der Waals surface area contributed by atoms with Gasteiger partial charge in [0.1, 0.15) is 5.82 Å². The van der Waals surface area contributed by atoms with Crippen LogP contribution in [-0.2, 0) is 0 Å². The van der Waals surface area contributed by atoms with Crippen molar-refractivity contribution in [2.45, 2.75) is 0 Å². The Morgan fingerprint density at radius 3 is 2.79 bits per heavy atom. The molecule has 3 heterocycles. The van der Waals surface area contributed by atoms with Crippen LogP contribution >= 0.6 is 0 Å². The van der Waals surface area contributed by atoms with E-state index in [0.717, 1.165) is 33.5 Å². The molecule has 2 aromatic carbocycles. The number of para-hydroxylation sites is 1. The molecule has 3 aromatic heterocycles. The molecule has 0 unspecified atom stereocenters. The van der Waals surface area contributed by atoms with Crippen LogP contribution in [0.25, 0.3) is 33.5 Å². The number of hydrogen-bond donors (Lipinski definition) is 3. The summed E-state index contributed by atoms with van der Waals surface area (Å²) >= 11 is 0. The number of carbonyl (C=O) groups excluding carboxylic acids is 1. The average Bonchev–Trinajstić information content (AvgIpc) is 3.42. The first-order valence-corrected chi connectivity index (χ1v) is 9.21. The zero-order chi connectivity index (χ0) is 19.6. The molecular weight excluding hydrogens is 362 g/mol. The summed E-state index contributed by atoms with van der Waals surface area (Å²) in [6, 6.07) is 19.2. The van der Waals surface area contributed by atoms with Crippen molar-refractivity contribution in [2.75, 3.05) is 5.32 Å². The Kier molecular flexibility index (Phi) is 4.14. The van der Waals surface area contributed by atoms with E-state index in [1.165, 1.54) is 0 Å². The van der Waals surface area contributed by atoms with E-state index in [9.17, 15) is 4.79 Å². The van der Waals surface area contributed by atoms with E-state index < -0.39 is 0 Å². The number of aromatic amines is 2. The summed E-state index contributed by atoms with van der Waals surface area (Å²) in [5.74, 6) is 0.599. The minimum Gasteiger partial charge on any atom is -0.360 e. The maximum absolute atomic E-state index is 12.4. The zero-order valence-corrected chi connectivity index (χ0v) is 15.4. The van der Waals surface area contributed by atoms with Crippen molar-refractivity contribution in [3.63, 3.8) is 0 Å². The van der Waals surface area contributed by atoms with E-state index in [0.29, 0.717) is 11.3 Å². The van der Waals surface area contributed by atoms with Gasteiger partial charge in [-0.05, 0) is 30.3 Å². The van der Waals surface area contributed by atoms with Gasteiger partial charge in [0.25, 0.3) is 5.91 Å². The summed E-state index contributed by atoms with van der Waals surface area (Å²) in [5.41, 5.74) is 5.13. The molecule has 6 heteroatoms. The van der Waals surface area contributed by atoms with Crippen LogP contribution in [-0.4, -0.2) is 25.8 Å². The number of nitrogens with one attached hydrogen (secondary N) is 3. The first kappa shape index (κ1) is 16.9. The number of hydrogen-bond acceptors (Lipinski definition) is 3. The third-order valence-corrected chi connectivity index (χ3v) is 4.78. The van der Waals surface area contributed by atoms with Gasteiger partial charge in [-0.2, -0.15) is 0 Å². The number of nitrogens with zero attached hydrogens (tertiary/aromatic N) is 2. The van der Waals surface area contributed by atoms with Gasteiger partial charge in [-0.25, -0.2) is 4.98 Å². The molecule has 0 saturated heterocycles. The Morgan fingerprint density at radius 2 is 1.90 bits per heavy atom. The minimum atomic E-state index is -0.195. The maximum atomic E-state index is 12.4. The van der Waals surface area contributed by atoms with Crippen LogP contribution < -0.4 is 5.32 Å². The van der Waals surface area contributed by atoms with Crippen LogP contribution in [0, 0.1) is 0 Å². The third-order valence-electron chi connectivity index (χ3n) is 4.78. The molecule has 0 spiro atoms. The summed E-state index contributed by atoms with van der Waals surface area (Å²) < 4.78 is 0. The number of benzene rings is 2. The van der Waals surface area contributed by atoms with Crippen LogP contribution in [0.5, 0.6) is 0 Å². The van der Waals surface area contributed by atoms with Crippen molar-refractivity contribution in [2.24, 2.45) is 0 Å². The molecule has 5 rings (SSSR count). The Labute approximate surface area is 166 Å². The molecule has 3 N–H and O–H groups in total. The standard InChI is InChI=1S/C23H17N5O/c29-23(16-6-4-10-24-12-16)27-17-7-3-5-15(11-17)21-14-26-22(28-21)19-13-25-20-9-2-1-8-18(19)20/h1-14,25H,(H,26,28)(H,27,29). The fourth-order valence-electron chi connectivity index (χ4n) is 3.34. The highest BCUT2D eigenvalue weighted by atomic mass is 16.1. The van der Waals surface area contributed by atoms with Crippen molar-refractivity contribution in [3.05, 3.63) is 91.0 Å². The molecule has 6 nitrogen and oxygen atoms in total. The van der Waals surface area contributed by atoms with Crippen molar-refractivity contribution in [1.82, 2.24) is 19.9 Å². The van der Waals surface area contributed by atoms with Gasteiger partial charge in [-0.1, -0.05) is 30.3 Å². The highest BCUT2D eigenvalue weighted by Gasteiger charge is 2.11. The van der Waals surface area contributed by atoms with Gasteiger partial charge in [-0.15, -0.1) is 0 Å². The van der Waals surface area contributed by atoms with Gasteiger partial charge in [0.05, 0.1) is 17.5 Å². The van der Waals surface area contributed by atoms with Crippen molar-refractivity contribution < 1.29 is 4.79 Å². The highest BCUT2D eigenvalue weighted by Crippen LogP contribution is 2.29. The fraction of sp³-hybridized carbons (Fsp3) is 0. The largest absolute Gasteiger partial charge is 0.360 e. The van der Waals surface area contributed by atoms with Crippen molar-refractivity contribution in [1.29, 1.82) is 0 Å². The molecule has 0 aliphatic heterocycles. The predicted molar refractivity (Wildman–Crippen MR) is 114 cm³/mol. The Balaban J connectivity index is 1.42. The summed E-state index contributed by atoms with van der Waals surface area (Å²) in [7, 11) is 0. The van der Waals surface area contributed by atoms with Crippen LogP contribution in [0.15, 0.2) is 85.5 Å². The first-order chi connectivity index (χ1) is 14.3. The molecule has 1 amide bonds. The quantitative estimate of drug-likeness (QED) is 0.416. The number of anilines is 1. The van der Waals surface area contributed by atoms with Crippen molar-refractivity contribution in [3.8, 4) is 22.6 Å². The number of carbonyl (C=O) groups is 1. The van der Waals surface area contributed by atoms with E-state index in [-0.39, 0.29) is 5.91 Å². The molecule has 0 aliphatic rings. The van der Waals surface area contributed by atoms with E-state index in [1.54, 1.807) is 30.7 Å². The summed E-state index contributed by atoms with van der Waals surface area (Å²) in [6.07, 6.45) is 6.94. The lowest BCUT2D eigenvalue weighted by atomic mass is 10.1. The van der Waals surface area contributed by atoms with Gasteiger partial charge in [0, 0.05) is 46.3 Å². The summed E-state index contributed by atoms with van der Waals surface area (Å²) in [4.78, 5) is 27.6. The van der Waals surface area contributed by atoms with Crippen LogP contribution in [0.3, 0.4) is 0 Å². The molecule has 0 saturated carbocycles. The number of aromatic nitrogens is 4. The number of pyridine rings is 1. The lowest BCUT2D eigenvalue weighted by Gasteiger charge is -2.06. The second kappa shape index (κ2) is 7.09. The van der Waals surface area contributed by atoms with Crippen LogP contribution in [0.2, 0.25) is 0 Å². The number of fused-ring (bicyclic) bond motifs is 1. The Morgan fingerprint density at radius 1 is 0.966 bits per heavy atom. The minimum absolute atomic E-state index is 0.195. The average molecular weight is 379 g/mol. The van der Waals surface area contributed by atoms with Gasteiger partial charge >= 0.3 is 0 Å². The molecule has 0 fully saturated rings. The Bertz CT molecular complexity index is 1300. The normalized spacial score (nSPS) is 10.9. The molecule has 5 aromatic rings. The van der Waals surface area contributed by atoms with Crippen LogP contribution in [0.1, 0.15) is 10.4 Å². The van der Waals surface area contributed by atoms with E-state index in [2.05, 4.69) is 31.3 Å². The fourth-order valence-corrected chi connectivity index (χ4v) is 3.34. The number of rotatable bonds is 4. The molecule has 0 atom stereocenters. The van der Waals surface area contributed by atoms with Crippen molar-refractivity contribution >= 4 is 22.5 Å². The molecular formula is C23H17N5O. The lowest BCUT2D eigenvalue weighted by Crippen LogP contribution is -2.11. The zero-order valence-electron chi connectivity index (χ0n) is 15.4. The third kappa shape index (κ3) is 3.27. The summed E-state index contributed by atoms with van der Waals surface area (Å²) in [5, 5.41) is 4.03. The predicted octanol–water partition coefficient (Wildman–Crippen LogP) is 4.87. The van der Waals surface area contributed by atoms with E-state index in [4.69, 9.17) is 0 Å². The SMILES string of the molecule is O=C(Nc1cccc(-c2cnc(-c3c[nH]c4ccccc34)[nH]2)c1)c1cccnc1. The number of amides is 1. The van der Waals surface area contributed by atoms with E-state index in [1.807, 2.05) is 48.7 Å².